The Morgan fingerprint density at radius 1 is 1.17 bits per heavy atom. The van der Waals surface area contributed by atoms with Gasteiger partial charge in [0, 0.05) is 29.1 Å². The van der Waals surface area contributed by atoms with Gasteiger partial charge in [-0.15, -0.1) is 11.3 Å². The number of likely N-dealkylation sites (tertiary alicyclic amines) is 1. The summed E-state index contributed by atoms with van der Waals surface area (Å²) in [7, 11) is -0.408. The summed E-state index contributed by atoms with van der Waals surface area (Å²) in [5.74, 6) is -0.0422. The average molecular weight is 448 g/mol. The van der Waals surface area contributed by atoms with E-state index in [2.05, 4.69) is 0 Å². The highest BCUT2D eigenvalue weighted by Gasteiger charge is 2.51. The van der Waals surface area contributed by atoms with Gasteiger partial charge in [0.2, 0.25) is 0 Å². The summed E-state index contributed by atoms with van der Waals surface area (Å²) >= 11 is 8.14. The first kappa shape index (κ1) is 21.8. The van der Waals surface area contributed by atoms with E-state index in [9.17, 15) is 9.90 Å². The van der Waals surface area contributed by atoms with Gasteiger partial charge in [-0.25, -0.2) is 0 Å². The molecule has 1 aromatic carbocycles. The Kier molecular flexibility index (Phi) is 5.79. The number of nitrogens with zero attached hydrogens (tertiary/aromatic N) is 1. The highest BCUT2D eigenvalue weighted by Crippen LogP contribution is 2.38. The molecule has 0 bridgehead atoms. The standard InChI is InChI=1S/C22H27BClNO4S/c1-21(2)22(3,4)29-23(28-21)15-12-19(30-13-15)17-6-5-14(11-18(17)24)20(27)25-9-7-16(26)8-10-25/h5-6,11-13,16,26H,7-10H2,1-4H3. The number of amides is 1. The quantitative estimate of drug-likeness (QED) is 0.724. The third-order valence-electron chi connectivity index (χ3n) is 6.38. The summed E-state index contributed by atoms with van der Waals surface area (Å²) in [5, 5.41) is 12.2. The van der Waals surface area contributed by atoms with Crippen LogP contribution in [0, 0.1) is 0 Å². The molecule has 0 radical (unpaired) electrons. The number of piperidine rings is 1. The first-order valence-electron chi connectivity index (χ1n) is 10.3. The smallest absolute Gasteiger partial charge is 0.399 e. The molecule has 1 N–H and O–H groups in total. The van der Waals surface area contributed by atoms with Crippen molar-refractivity contribution in [3.05, 3.63) is 40.2 Å². The van der Waals surface area contributed by atoms with Gasteiger partial charge in [0.05, 0.1) is 22.3 Å². The summed E-state index contributed by atoms with van der Waals surface area (Å²) in [6.45, 7) is 9.29. The fraction of sp³-hybridized carbons (Fsp3) is 0.500. The van der Waals surface area contributed by atoms with Crippen LogP contribution in [0.15, 0.2) is 29.6 Å². The lowest BCUT2D eigenvalue weighted by molar-refractivity contribution is 0.00578. The molecule has 0 atom stereocenters. The van der Waals surface area contributed by atoms with Crippen LogP contribution in [0.2, 0.25) is 5.02 Å². The number of benzene rings is 1. The van der Waals surface area contributed by atoms with Crippen LogP contribution >= 0.6 is 22.9 Å². The minimum Gasteiger partial charge on any atom is -0.399 e. The molecule has 2 saturated heterocycles. The second kappa shape index (κ2) is 7.95. The number of hydrogen-bond donors (Lipinski definition) is 1. The lowest BCUT2D eigenvalue weighted by Gasteiger charge is -2.32. The van der Waals surface area contributed by atoms with E-state index in [1.165, 1.54) is 0 Å². The number of carbonyl (C=O) groups is 1. The van der Waals surface area contributed by atoms with E-state index in [-0.39, 0.29) is 23.2 Å². The third-order valence-corrected chi connectivity index (χ3v) is 7.67. The molecule has 30 heavy (non-hydrogen) atoms. The van der Waals surface area contributed by atoms with Crippen LogP contribution in [-0.4, -0.2) is 53.4 Å². The van der Waals surface area contributed by atoms with Gasteiger partial charge >= 0.3 is 7.12 Å². The lowest BCUT2D eigenvalue weighted by atomic mass is 9.81. The van der Waals surface area contributed by atoms with Crippen LogP contribution < -0.4 is 5.46 Å². The summed E-state index contributed by atoms with van der Waals surface area (Å²) in [6, 6.07) is 7.50. The van der Waals surface area contributed by atoms with Crippen molar-refractivity contribution in [2.24, 2.45) is 0 Å². The van der Waals surface area contributed by atoms with Gasteiger partial charge < -0.3 is 19.3 Å². The van der Waals surface area contributed by atoms with Crippen molar-refractivity contribution in [2.75, 3.05) is 13.1 Å². The van der Waals surface area contributed by atoms with Gasteiger partial charge in [-0.2, -0.15) is 0 Å². The van der Waals surface area contributed by atoms with E-state index in [4.69, 9.17) is 20.9 Å². The summed E-state index contributed by atoms with van der Waals surface area (Å²) < 4.78 is 12.3. The normalized spacial score (nSPS) is 21.3. The summed E-state index contributed by atoms with van der Waals surface area (Å²) in [4.78, 5) is 15.5. The van der Waals surface area contributed by atoms with Gasteiger partial charge in [0.25, 0.3) is 5.91 Å². The van der Waals surface area contributed by atoms with E-state index < -0.39 is 7.12 Å². The van der Waals surface area contributed by atoms with Crippen molar-refractivity contribution in [1.82, 2.24) is 4.90 Å². The maximum atomic E-state index is 12.8. The number of aliphatic hydroxyl groups is 1. The predicted molar refractivity (Wildman–Crippen MR) is 122 cm³/mol. The zero-order valence-electron chi connectivity index (χ0n) is 17.8. The largest absolute Gasteiger partial charge is 0.495 e. The van der Waals surface area contributed by atoms with Crippen molar-refractivity contribution in [1.29, 1.82) is 0 Å². The zero-order chi connectivity index (χ0) is 21.7. The maximum absolute atomic E-state index is 12.8. The minimum absolute atomic E-state index is 0.0422. The van der Waals surface area contributed by atoms with Crippen LogP contribution in [0.25, 0.3) is 10.4 Å². The van der Waals surface area contributed by atoms with Gasteiger partial charge in [-0.05, 0) is 69.6 Å². The van der Waals surface area contributed by atoms with Gasteiger partial charge in [-0.3, -0.25) is 4.79 Å². The number of carbonyl (C=O) groups excluding carboxylic acids is 1. The molecule has 2 fully saturated rings. The predicted octanol–water partition coefficient (Wildman–Crippen LogP) is 3.96. The lowest BCUT2D eigenvalue weighted by Crippen LogP contribution is -2.41. The fourth-order valence-corrected chi connectivity index (χ4v) is 4.98. The van der Waals surface area contributed by atoms with Crippen molar-refractivity contribution in [3.63, 3.8) is 0 Å². The SMILES string of the molecule is CC1(C)OB(c2csc(-c3ccc(C(=O)N4CCC(O)CC4)cc3Cl)c2)OC1(C)C. The molecule has 0 spiro atoms. The molecule has 1 aromatic heterocycles. The molecule has 0 saturated carbocycles. The number of halogens is 1. The first-order chi connectivity index (χ1) is 14.1. The fourth-order valence-electron chi connectivity index (χ4n) is 3.69. The van der Waals surface area contributed by atoms with Gasteiger partial charge in [0.1, 0.15) is 0 Å². The van der Waals surface area contributed by atoms with Crippen molar-refractivity contribution in [2.45, 2.75) is 57.8 Å². The molecule has 0 aliphatic carbocycles. The number of hydrogen-bond acceptors (Lipinski definition) is 5. The van der Waals surface area contributed by atoms with Crippen molar-refractivity contribution >= 4 is 41.4 Å². The number of aliphatic hydroxyl groups excluding tert-OH is 1. The molecule has 160 valence electrons. The molecule has 2 aliphatic heterocycles. The molecular weight excluding hydrogens is 421 g/mol. The van der Waals surface area contributed by atoms with E-state index in [0.717, 1.165) is 15.9 Å². The molecule has 2 aromatic rings. The van der Waals surface area contributed by atoms with E-state index in [1.54, 1.807) is 22.3 Å². The van der Waals surface area contributed by atoms with E-state index >= 15 is 0 Å². The first-order valence-corrected chi connectivity index (χ1v) is 11.5. The highest BCUT2D eigenvalue weighted by atomic mass is 35.5. The Morgan fingerprint density at radius 2 is 1.80 bits per heavy atom. The van der Waals surface area contributed by atoms with E-state index in [0.29, 0.717) is 36.5 Å². The highest BCUT2D eigenvalue weighted by molar-refractivity contribution is 7.14. The Hall–Kier alpha value is -1.38. The van der Waals surface area contributed by atoms with Gasteiger partial charge in [0.15, 0.2) is 0 Å². The third kappa shape index (κ3) is 4.06. The topological polar surface area (TPSA) is 59.0 Å². The zero-order valence-corrected chi connectivity index (χ0v) is 19.3. The van der Waals surface area contributed by atoms with Crippen LogP contribution in [0.3, 0.4) is 0 Å². The van der Waals surface area contributed by atoms with E-state index in [1.807, 2.05) is 51.3 Å². The Labute approximate surface area is 187 Å². The second-order valence-electron chi connectivity index (χ2n) is 9.05. The minimum atomic E-state index is -0.408. The van der Waals surface area contributed by atoms with Crippen LogP contribution in [0.5, 0.6) is 0 Å². The molecule has 0 unspecified atom stereocenters. The van der Waals surface area contributed by atoms with Gasteiger partial charge in [-0.1, -0.05) is 17.7 Å². The molecule has 2 aliphatic rings. The Bertz CT molecular complexity index is 936. The molecule has 5 nitrogen and oxygen atoms in total. The monoisotopic (exact) mass is 447 g/mol. The number of thiophene rings is 1. The molecule has 4 rings (SSSR count). The molecule has 1 amide bonds. The van der Waals surface area contributed by atoms with Crippen LogP contribution in [0.4, 0.5) is 0 Å². The van der Waals surface area contributed by atoms with Crippen molar-refractivity contribution in [3.8, 4) is 10.4 Å². The molecular formula is C22H27BClNO4S. The number of rotatable bonds is 3. The maximum Gasteiger partial charge on any atom is 0.495 e. The van der Waals surface area contributed by atoms with Crippen LogP contribution in [0.1, 0.15) is 50.9 Å². The van der Waals surface area contributed by atoms with Crippen molar-refractivity contribution < 1.29 is 19.2 Å². The molecule has 3 heterocycles. The Morgan fingerprint density at radius 3 is 2.40 bits per heavy atom. The Balaban J connectivity index is 1.51. The summed E-state index contributed by atoms with van der Waals surface area (Å²) in [6.07, 6.45) is 0.931. The second-order valence-corrected chi connectivity index (χ2v) is 10.4. The average Bonchev–Trinajstić information content (AvgIpc) is 3.24. The van der Waals surface area contributed by atoms with Crippen LogP contribution in [-0.2, 0) is 9.31 Å². The molecule has 8 heteroatoms. The summed E-state index contributed by atoms with van der Waals surface area (Å²) in [5.41, 5.74) is 1.66.